The quantitative estimate of drug-likeness (QED) is 0.788. The minimum Gasteiger partial charge on any atom is -0.377 e. The summed E-state index contributed by atoms with van der Waals surface area (Å²) in [5.41, 5.74) is 2.98. The Labute approximate surface area is 155 Å². The van der Waals surface area contributed by atoms with Crippen LogP contribution in [0.3, 0.4) is 0 Å². The van der Waals surface area contributed by atoms with E-state index in [2.05, 4.69) is 41.0 Å². The Morgan fingerprint density at radius 2 is 2.12 bits per heavy atom. The number of likely N-dealkylation sites (N-methyl/N-ethyl adjacent to an activating group) is 1. The highest BCUT2D eigenvalue weighted by molar-refractivity contribution is 5.55. The molecule has 1 saturated heterocycles. The number of aromatic amines is 1. The third-order valence-electron chi connectivity index (χ3n) is 4.80. The molecule has 0 bridgehead atoms. The van der Waals surface area contributed by atoms with Crippen molar-refractivity contribution in [3.05, 3.63) is 51.9 Å². The molecule has 1 atom stereocenters. The number of H-pyrrole nitrogens is 1. The van der Waals surface area contributed by atoms with Crippen LogP contribution in [0.2, 0.25) is 0 Å². The third kappa shape index (κ3) is 5.26. The second-order valence-electron chi connectivity index (χ2n) is 7.22. The first kappa shape index (κ1) is 18.8. The van der Waals surface area contributed by atoms with Crippen LogP contribution in [0.15, 0.2) is 35.1 Å². The summed E-state index contributed by atoms with van der Waals surface area (Å²) in [5.74, 6) is 0.655. The molecular formula is C21H29N3O2. The van der Waals surface area contributed by atoms with Gasteiger partial charge in [0, 0.05) is 37.0 Å². The summed E-state index contributed by atoms with van der Waals surface area (Å²) in [6, 6.07) is 9.90. The fraction of sp³-hybridized carbons (Fsp3) is 0.524. The minimum atomic E-state index is -0.0820. The Hall–Kier alpha value is -1.98. The summed E-state index contributed by atoms with van der Waals surface area (Å²) < 4.78 is 5.70. The molecule has 0 aliphatic carbocycles. The van der Waals surface area contributed by atoms with E-state index >= 15 is 0 Å². The molecule has 0 spiro atoms. The van der Waals surface area contributed by atoms with Gasteiger partial charge in [0.05, 0.1) is 6.10 Å². The molecule has 26 heavy (non-hydrogen) atoms. The zero-order valence-corrected chi connectivity index (χ0v) is 15.8. The van der Waals surface area contributed by atoms with E-state index in [1.807, 2.05) is 12.1 Å². The highest BCUT2D eigenvalue weighted by Crippen LogP contribution is 2.17. The number of rotatable bonds is 8. The average molecular weight is 355 g/mol. The van der Waals surface area contributed by atoms with Crippen LogP contribution in [0.1, 0.15) is 43.9 Å². The van der Waals surface area contributed by atoms with Gasteiger partial charge in [-0.25, -0.2) is 4.98 Å². The first-order valence-corrected chi connectivity index (χ1v) is 9.63. The lowest BCUT2D eigenvalue weighted by Gasteiger charge is -2.20. The third-order valence-corrected chi connectivity index (χ3v) is 4.80. The average Bonchev–Trinajstić information content (AvgIpc) is 3.13. The summed E-state index contributed by atoms with van der Waals surface area (Å²) in [5, 5.41) is 0. The number of unbranched alkanes of at least 4 members (excludes halogenated alkanes) is 1. The number of ether oxygens (including phenoxy) is 1. The monoisotopic (exact) mass is 355 g/mol. The SMILES string of the molecule is CCCCc1cc(=O)[nH]c(-c2ccc(CN(C)C[C@H]3CCCO3)cc2)n1. The van der Waals surface area contributed by atoms with Crippen molar-refractivity contribution in [2.45, 2.75) is 51.7 Å². The lowest BCUT2D eigenvalue weighted by atomic mass is 10.1. The molecule has 0 unspecified atom stereocenters. The number of benzene rings is 1. The van der Waals surface area contributed by atoms with Crippen molar-refractivity contribution < 1.29 is 4.74 Å². The normalized spacial score (nSPS) is 17.1. The number of aryl methyl sites for hydroxylation is 1. The number of nitrogens with one attached hydrogen (secondary N) is 1. The highest BCUT2D eigenvalue weighted by atomic mass is 16.5. The van der Waals surface area contributed by atoms with Crippen molar-refractivity contribution in [3.8, 4) is 11.4 Å². The second-order valence-corrected chi connectivity index (χ2v) is 7.22. The van der Waals surface area contributed by atoms with E-state index in [4.69, 9.17) is 4.74 Å². The van der Waals surface area contributed by atoms with Crippen LogP contribution in [0.4, 0.5) is 0 Å². The summed E-state index contributed by atoms with van der Waals surface area (Å²) in [6.45, 7) is 4.90. The summed E-state index contributed by atoms with van der Waals surface area (Å²) in [7, 11) is 2.13. The fourth-order valence-electron chi connectivity index (χ4n) is 3.41. The van der Waals surface area contributed by atoms with Crippen molar-refractivity contribution in [3.63, 3.8) is 0 Å². The maximum atomic E-state index is 11.9. The molecule has 0 saturated carbocycles. The van der Waals surface area contributed by atoms with Gasteiger partial charge in [0.25, 0.3) is 5.56 Å². The molecule has 140 valence electrons. The lowest BCUT2D eigenvalue weighted by molar-refractivity contribution is 0.0793. The Kier molecular flexibility index (Phi) is 6.58. The topological polar surface area (TPSA) is 58.2 Å². The molecular weight excluding hydrogens is 326 g/mol. The van der Waals surface area contributed by atoms with Gasteiger partial charge in [0.2, 0.25) is 0 Å². The van der Waals surface area contributed by atoms with Gasteiger partial charge >= 0.3 is 0 Å². The molecule has 3 rings (SSSR count). The van der Waals surface area contributed by atoms with E-state index in [1.165, 1.54) is 12.0 Å². The van der Waals surface area contributed by atoms with Crippen LogP contribution < -0.4 is 5.56 Å². The zero-order valence-electron chi connectivity index (χ0n) is 15.8. The highest BCUT2D eigenvalue weighted by Gasteiger charge is 2.17. The summed E-state index contributed by atoms with van der Waals surface area (Å²) in [6.07, 6.45) is 5.70. The maximum absolute atomic E-state index is 11.9. The van der Waals surface area contributed by atoms with Crippen LogP contribution in [0.5, 0.6) is 0 Å². The van der Waals surface area contributed by atoms with Crippen molar-refractivity contribution in [2.24, 2.45) is 0 Å². The molecule has 1 aromatic carbocycles. The van der Waals surface area contributed by atoms with Gasteiger partial charge in [-0.2, -0.15) is 0 Å². The molecule has 0 amide bonds. The predicted molar refractivity (Wildman–Crippen MR) is 104 cm³/mol. The van der Waals surface area contributed by atoms with Crippen LogP contribution in [0.25, 0.3) is 11.4 Å². The number of nitrogens with zero attached hydrogens (tertiary/aromatic N) is 2. The van der Waals surface area contributed by atoms with Gasteiger partial charge in [0.15, 0.2) is 0 Å². The van der Waals surface area contributed by atoms with E-state index in [0.29, 0.717) is 11.9 Å². The number of hydrogen-bond donors (Lipinski definition) is 1. The number of hydrogen-bond acceptors (Lipinski definition) is 4. The van der Waals surface area contributed by atoms with E-state index in [1.54, 1.807) is 6.07 Å². The largest absolute Gasteiger partial charge is 0.377 e. The van der Waals surface area contributed by atoms with Gasteiger partial charge in [-0.05, 0) is 38.3 Å². The van der Waals surface area contributed by atoms with E-state index in [0.717, 1.165) is 56.6 Å². The summed E-state index contributed by atoms with van der Waals surface area (Å²) in [4.78, 5) is 21.7. The zero-order chi connectivity index (χ0) is 18.4. The predicted octanol–water partition coefficient (Wildman–Crippen LogP) is 3.39. The van der Waals surface area contributed by atoms with Crippen molar-refractivity contribution >= 4 is 0 Å². The van der Waals surface area contributed by atoms with Gasteiger partial charge in [-0.1, -0.05) is 37.6 Å². The van der Waals surface area contributed by atoms with E-state index in [-0.39, 0.29) is 5.56 Å². The fourth-order valence-corrected chi connectivity index (χ4v) is 3.41. The smallest absolute Gasteiger partial charge is 0.251 e. The molecule has 5 heteroatoms. The van der Waals surface area contributed by atoms with E-state index in [9.17, 15) is 4.79 Å². The van der Waals surface area contributed by atoms with Crippen LogP contribution in [0, 0.1) is 0 Å². The molecule has 1 fully saturated rings. The summed E-state index contributed by atoms with van der Waals surface area (Å²) >= 11 is 0. The molecule has 1 aromatic heterocycles. The van der Waals surface area contributed by atoms with Crippen LogP contribution in [-0.2, 0) is 17.7 Å². The Morgan fingerprint density at radius 3 is 2.81 bits per heavy atom. The molecule has 2 aromatic rings. The van der Waals surface area contributed by atoms with E-state index < -0.39 is 0 Å². The molecule has 1 aliphatic rings. The molecule has 1 aliphatic heterocycles. The molecule has 1 N–H and O–H groups in total. The van der Waals surface area contributed by atoms with Gasteiger partial charge in [0.1, 0.15) is 5.82 Å². The van der Waals surface area contributed by atoms with Crippen LogP contribution in [-0.4, -0.2) is 41.2 Å². The van der Waals surface area contributed by atoms with Crippen LogP contribution >= 0.6 is 0 Å². The van der Waals surface area contributed by atoms with Crippen molar-refractivity contribution in [2.75, 3.05) is 20.2 Å². The maximum Gasteiger partial charge on any atom is 0.251 e. The first-order valence-electron chi connectivity index (χ1n) is 9.63. The van der Waals surface area contributed by atoms with Gasteiger partial charge < -0.3 is 9.72 Å². The molecule has 2 heterocycles. The first-order chi connectivity index (χ1) is 12.6. The van der Waals surface area contributed by atoms with Crippen molar-refractivity contribution in [1.29, 1.82) is 0 Å². The molecule has 5 nitrogen and oxygen atoms in total. The van der Waals surface area contributed by atoms with Gasteiger partial charge in [-0.15, -0.1) is 0 Å². The van der Waals surface area contributed by atoms with Gasteiger partial charge in [-0.3, -0.25) is 9.69 Å². The number of aromatic nitrogens is 2. The minimum absolute atomic E-state index is 0.0820. The standard InChI is InChI=1S/C21H29N3O2/c1-3-4-6-18-13-20(25)23-21(22-18)17-10-8-16(9-11-17)14-24(2)15-19-7-5-12-26-19/h8-11,13,19H,3-7,12,14-15H2,1-2H3,(H,22,23,25)/t19-/m1/s1. The lowest BCUT2D eigenvalue weighted by Crippen LogP contribution is -2.28. The van der Waals surface area contributed by atoms with Crippen molar-refractivity contribution in [1.82, 2.24) is 14.9 Å². The second kappa shape index (κ2) is 9.10. The Balaban J connectivity index is 1.65. The molecule has 0 radical (unpaired) electrons. The Morgan fingerprint density at radius 1 is 1.31 bits per heavy atom. The Bertz CT molecular complexity index is 749.